The van der Waals surface area contributed by atoms with Crippen molar-refractivity contribution >= 4 is 22.7 Å². The van der Waals surface area contributed by atoms with Crippen molar-refractivity contribution in [3.63, 3.8) is 0 Å². The minimum Gasteiger partial charge on any atom is -0.310 e. The average Bonchev–Trinajstić information content (AvgIpc) is 3.36. The van der Waals surface area contributed by atoms with Crippen LogP contribution >= 0.6 is 0 Å². The molecule has 0 aliphatic carbocycles. The van der Waals surface area contributed by atoms with Crippen LogP contribution < -0.4 is 9.91 Å². The Bertz CT molecular complexity index is 1290. The molecule has 0 fully saturated rings. The average molecular weight is 431 g/mol. The quantitative estimate of drug-likeness (QED) is 0.333. The molecule has 0 amide bonds. The zero-order valence-corrected chi connectivity index (χ0v) is 18.9. The highest BCUT2D eigenvalue weighted by Gasteiger charge is 2.36. The third kappa shape index (κ3) is 3.21. The Morgan fingerprint density at radius 1 is 0.697 bits per heavy atom. The fraction of sp³-hybridized carbons (Fsp3) is 0.172. The van der Waals surface area contributed by atoms with Gasteiger partial charge in [-0.15, -0.1) is 0 Å². The molecule has 1 atom stereocenters. The zero-order valence-electron chi connectivity index (χ0n) is 18.9. The summed E-state index contributed by atoms with van der Waals surface area (Å²) < 4.78 is 0. The van der Waals surface area contributed by atoms with E-state index in [1.807, 2.05) is 23.2 Å². The van der Waals surface area contributed by atoms with Gasteiger partial charge in [0.15, 0.2) is 0 Å². The van der Waals surface area contributed by atoms with E-state index in [1.165, 1.54) is 28.1 Å². The molecule has 4 heteroatoms. The van der Waals surface area contributed by atoms with Gasteiger partial charge in [0.2, 0.25) is 0 Å². The summed E-state index contributed by atoms with van der Waals surface area (Å²) in [7, 11) is 0. The fourth-order valence-electron chi connectivity index (χ4n) is 5.11. The zero-order chi connectivity index (χ0) is 22.4. The molecule has 0 radical (unpaired) electrons. The Balaban J connectivity index is 1.40. The van der Waals surface area contributed by atoms with E-state index in [1.54, 1.807) is 0 Å². The molecule has 0 spiro atoms. The van der Waals surface area contributed by atoms with E-state index in [4.69, 9.17) is 0 Å². The van der Waals surface area contributed by atoms with Gasteiger partial charge in [0.25, 0.3) is 0 Å². The van der Waals surface area contributed by atoms with E-state index in [2.05, 4.69) is 114 Å². The van der Waals surface area contributed by atoms with Crippen molar-refractivity contribution in [1.82, 2.24) is 0 Å². The Morgan fingerprint density at radius 2 is 1.30 bits per heavy atom. The van der Waals surface area contributed by atoms with Crippen LogP contribution in [0.25, 0.3) is 0 Å². The summed E-state index contributed by atoms with van der Waals surface area (Å²) >= 11 is 0. The first-order valence-electron chi connectivity index (χ1n) is 11.5. The minimum atomic E-state index is -0.0584. The molecule has 1 unspecified atom stereocenters. The Kier molecular flexibility index (Phi) is 4.54. The molecule has 33 heavy (non-hydrogen) atoms. The monoisotopic (exact) mass is 430 g/mol. The molecule has 0 N–H and O–H groups in total. The van der Waals surface area contributed by atoms with Gasteiger partial charge in [-0.2, -0.15) is 5.11 Å². The van der Waals surface area contributed by atoms with Crippen LogP contribution in [0.2, 0.25) is 0 Å². The predicted octanol–water partition coefficient (Wildman–Crippen LogP) is 7.72. The fourth-order valence-corrected chi connectivity index (χ4v) is 5.11. The molecule has 4 nitrogen and oxygen atoms in total. The van der Waals surface area contributed by atoms with Crippen LogP contribution in [0.5, 0.6) is 0 Å². The van der Waals surface area contributed by atoms with E-state index in [-0.39, 0.29) is 11.5 Å². The normalized spacial score (nSPS) is 18.2. The molecule has 2 aliphatic heterocycles. The summed E-state index contributed by atoms with van der Waals surface area (Å²) in [6, 6.07) is 36.5. The third-order valence-electron chi connectivity index (χ3n) is 6.85. The van der Waals surface area contributed by atoms with E-state index in [9.17, 15) is 0 Å². The first kappa shape index (κ1) is 19.7. The maximum atomic E-state index is 4.59. The van der Waals surface area contributed by atoms with Crippen LogP contribution in [-0.2, 0) is 5.41 Å². The third-order valence-corrected chi connectivity index (χ3v) is 6.85. The number of anilines is 4. The Labute approximate surface area is 194 Å². The molecule has 162 valence electrons. The topological polar surface area (TPSA) is 31.2 Å². The van der Waals surface area contributed by atoms with Crippen LogP contribution in [0.1, 0.15) is 36.6 Å². The van der Waals surface area contributed by atoms with Crippen LogP contribution in [0, 0.1) is 0 Å². The van der Waals surface area contributed by atoms with Crippen molar-refractivity contribution < 1.29 is 0 Å². The summed E-state index contributed by atoms with van der Waals surface area (Å²) in [5.41, 5.74) is 8.48. The maximum Gasteiger partial charge on any atom is 0.118 e. The van der Waals surface area contributed by atoms with E-state index >= 15 is 0 Å². The van der Waals surface area contributed by atoms with Gasteiger partial charge in [-0.3, -0.25) is 0 Å². The molecule has 0 saturated carbocycles. The van der Waals surface area contributed by atoms with Gasteiger partial charge in [-0.05, 0) is 53.1 Å². The Hall–Kier alpha value is -3.92. The number of rotatable bonds is 3. The highest BCUT2D eigenvalue weighted by molar-refractivity contribution is 5.85. The molecule has 4 aromatic carbocycles. The molecule has 0 saturated heterocycles. The molecule has 2 heterocycles. The summed E-state index contributed by atoms with van der Waals surface area (Å²) in [5.74, 6) is 0. The van der Waals surface area contributed by atoms with Crippen LogP contribution in [0.3, 0.4) is 0 Å². The standard InChI is InChI=1S/C29H26N4/c1-29(2)24-15-6-8-17-27(24)33(28-18-9-7-16-25(28)29)23-14-10-11-21(19-23)26-20-32(31-30-26)22-12-4-3-5-13-22/h3-19,26H,20H2,1-2H3. The van der Waals surface area contributed by atoms with Crippen molar-refractivity contribution in [3.05, 3.63) is 120 Å². The predicted molar refractivity (Wildman–Crippen MR) is 135 cm³/mol. The van der Waals surface area contributed by atoms with Crippen LogP contribution in [0.15, 0.2) is 113 Å². The summed E-state index contributed by atoms with van der Waals surface area (Å²) in [6.45, 7) is 5.37. The van der Waals surface area contributed by atoms with Gasteiger partial charge in [0.1, 0.15) is 6.04 Å². The SMILES string of the molecule is CC1(C)c2ccccc2N(c2cccc(C3CN(c4ccccc4)N=N3)c2)c2ccccc21. The number of hydrogen-bond acceptors (Lipinski definition) is 4. The number of benzene rings is 4. The highest BCUT2D eigenvalue weighted by Crippen LogP contribution is 2.51. The highest BCUT2D eigenvalue weighted by atomic mass is 15.6. The van der Waals surface area contributed by atoms with Gasteiger partial charge < -0.3 is 4.90 Å². The number of para-hydroxylation sites is 3. The van der Waals surface area contributed by atoms with Crippen molar-refractivity contribution in [1.29, 1.82) is 0 Å². The lowest BCUT2D eigenvalue weighted by Gasteiger charge is -2.42. The van der Waals surface area contributed by atoms with Crippen LogP contribution in [0.4, 0.5) is 22.7 Å². The molecule has 2 aliphatic rings. The molecule has 0 bridgehead atoms. The molecule has 4 aromatic rings. The van der Waals surface area contributed by atoms with E-state index < -0.39 is 0 Å². The maximum absolute atomic E-state index is 4.59. The van der Waals surface area contributed by atoms with Gasteiger partial charge in [-0.1, -0.05) is 85.8 Å². The second-order valence-electron chi connectivity index (χ2n) is 9.23. The van der Waals surface area contributed by atoms with Crippen molar-refractivity contribution in [2.24, 2.45) is 10.3 Å². The molecule has 0 aromatic heterocycles. The summed E-state index contributed by atoms with van der Waals surface area (Å²) in [5, 5.41) is 11.0. The van der Waals surface area contributed by atoms with Crippen LogP contribution in [-0.4, -0.2) is 6.54 Å². The van der Waals surface area contributed by atoms with E-state index in [0.29, 0.717) is 0 Å². The van der Waals surface area contributed by atoms with Gasteiger partial charge in [0.05, 0.1) is 23.6 Å². The molecule has 6 rings (SSSR count). The number of nitrogens with zero attached hydrogens (tertiary/aromatic N) is 4. The van der Waals surface area contributed by atoms with Gasteiger partial charge in [0, 0.05) is 11.1 Å². The van der Waals surface area contributed by atoms with E-state index in [0.717, 1.165) is 17.9 Å². The van der Waals surface area contributed by atoms with Gasteiger partial charge in [-0.25, -0.2) is 5.01 Å². The smallest absolute Gasteiger partial charge is 0.118 e. The van der Waals surface area contributed by atoms with Gasteiger partial charge >= 0.3 is 0 Å². The summed E-state index contributed by atoms with van der Waals surface area (Å²) in [4.78, 5) is 2.39. The molecular weight excluding hydrogens is 404 g/mol. The lowest BCUT2D eigenvalue weighted by molar-refractivity contribution is 0.632. The lowest BCUT2D eigenvalue weighted by atomic mass is 9.73. The lowest BCUT2D eigenvalue weighted by Crippen LogP contribution is -2.30. The first-order valence-corrected chi connectivity index (χ1v) is 11.5. The second kappa shape index (κ2) is 7.59. The summed E-state index contributed by atoms with van der Waals surface area (Å²) in [6.07, 6.45) is 0. The van der Waals surface area contributed by atoms with Crippen molar-refractivity contribution in [3.8, 4) is 0 Å². The number of fused-ring (bicyclic) bond motifs is 2. The van der Waals surface area contributed by atoms with Crippen molar-refractivity contribution in [2.75, 3.05) is 16.5 Å². The van der Waals surface area contributed by atoms with Crippen molar-refractivity contribution in [2.45, 2.75) is 25.3 Å². The molecular formula is C29H26N4. The number of hydrogen-bond donors (Lipinski definition) is 0. The second-order valence-corrected chi connectivity index (χ2v) is 9.23. The largest absolute Gasteiger partial charge is 0.310 e. The minimum absolute atomic E-state index is 0.0110. The Morgan fingerprint density at radius 3 is 2.00 bits per heavy atom. The first-order chi connectivity index (χ1) is 16.1.